The second kappa shape index (κ2) is 6.02. The van der Waals surface area contributed by atoms with E-state index in [1.807, 2.05) is 0 Å². The fourth-order valence-corrected chi connectivity index (χ4v) is 2.25. The molecule has 0 amide bonds. The van der Waals surface area contributed by atoms with Crippen LogP contribution in [0.4, 0.5) is 0 Å². The predicted octanol–water partition coefficient (Wildman–Crippen LogP) is 1.88. The summed E-state index contributed by atoms with van der Waals surface area (Å²) in [6, 6.07) is 0. The Hall–Kier alpha value is -0.570. The first kappa shape index (κ1) is 11.5. The number of carbonyl (C=O) groups is 1. The molecule has 0 radical (unpaired) electrons. The highest BCUT2D eigenvalue weighted by Crippen LogP contribution is 2.27. The summed E-state index contributed by atoms with van der Waals surface area (Å²) in [5.41, 5.74) is 0. The minimum Gasteiger partial charge on any atom is -0.481 e. The molecule has 2 atom stereocenters. The Morgan fingerprint density at radius 1 is 1.50 bits per heavy atom. The molecule has 1 fully saturated rings. The fourth-order valence-electron chi connectivity index (χ4n) is 2.25. The van der Waals surface area contributed by atoms with E-state index in [1.165, 1.54) is 25.7 Å². The van der Waals surface area contributed by atoms with E-state index in [-0.39, 0.29) is 6.42 Å². The first-order chi connectivity index (χ1) is 6.68. The molecule has 0 spiro atoms. The minimum atomic E-state index is -0.713. The standard InChI is InChI=1S/C11H21NO2/c1-9-3-2-4-10(7-9)8-12-6-5-11(13)14/h9-10,12H,2-8H2,1H3,(H,13,14). The number of carboxylic acids is 1. The van der Waals surface area contributed by atoms with Gasteiger partial charge >= 0.3 is 5.97 Å². The van der Waals surface area contributed by atoms with Crippen molar-refractivity contribution in [2.24, 2.45) is 11.8 Å². The van der Waals surface area contributed by atoms with Crippen molar-refractivity contribution in [3.8, 4) is 0 Å². The molecule has 2 unspecified atom stereocenters. The molecule has 0 aliphatic heterocycles. The third-order valence-corrected chi connectivity index (χ3v) is 2.99. The quantitative estimate of drug-likeness (QED) is 0.665. The summed E-state index contributed by atoms with van der Waals surface area (Å²) in [7, 11) is 0. The van der Waals surface area contributed by atoms with E-state index in [0.29, 0.717) is 6.54 Å². The maximum absolute atomic E-state index is 10.3. The Balaban J connectivity index is 2.03. The number of hydrogen-bond donors (Lipinski definition) is 2. The summed E-state index contributed by atoms with van der Waals surface area (Å²) in [4.78, 5) is 10.3. The molecule has 3 nitrogen and oxygen atoms in total. The summed E-state index contributed by atoms with van der Waals surface area (Å²) in [5.74, 6) is 0.914. The summed E-state index contributed by atoms with van der Waals surface area (Å²) >= 11 is 0. The zero-order valence-corrected chi connectivity index (χ0v) is 8.96. The molecule has 1 saturated carbocycles. The third-order valence-electron chi connectivity index (χ3n) is 2.99. The lowest BCUT2D eigenvalue weighted by Crippen LogP contribution is -2.28. The van der Waals surface area contributed by atoms with Crippen LogP contribution in [-0.4, -0.2) is 24.2 Å². The molecular formula is C11H21NO2. The summed E-state index contributed by atoms with van der Waals surface area (Å²) in [6.45, 7) is 3.92. The zero-order valence-electron chi connectivity index (χ0n) is 8.96. The monoisotopic (exact) mass is 199 g/mol. The molecule has 0 aromatic rings. The smallest absolute Gasteiger partial charge is 0.304 e. The van der Waals surface area contributed by atoms with Crippen LogP contribution in [-0.2, 0) is 4.79 Å². The van der Waals surface area contributed by atoms with Crippen LogP contribution in [0.25, 0.3) is 0 Å². The third kappa shape index (κ3) is 4.61. The molecule has 0 bridgehead atoms. The van der Waals surface area contributed by atoms with E-state index in [2.05, 4.69) is 12.2 Å². The Labute approximate surface area is 85.9 Å². The van der Waals surface area contributed by atoms with E-state index < -0.39 is 5.97 Å². The highest BCUT2D eigenvalue weighted by Gasteiger charge is 2.18. The van der Waals surface area contributed by atoms with Crippen LogP contribution in [0.5, 0.6) is 0 Å². The summed E-state index contributed by atoms with van der Waals surface area (Å²) in [5, 5.41) is 11.7. The molecule has 0 aromatic carbocycles. The molecule has 82 valence electrons. The van der Waals surface area contributed by atoms with Gasteiger partial charge in [-0.05, 0) is 31.2 Å². The average molecular weight is 199 g/mol. The van der Waals surface area contributed by atoms with E-state index in [1.54, 1.807) is 0 Å². The summed E-state index contributed by atoms with van der Waals surface area (Å²) in [6.07, 6.45) is 5.56. The van der Waals surface area contributed by atoms with Gasteiger partial charge in [-0.1, -0.05) is 19.8 Å². The van der Waals surface area contributed by atoms with Crippen LogP contribution < -0.4 is 5.32 Å². The lowest BCUT2D eigenvalue weighted by atomic mass is 9.82. The molecule has 0 saturated heterocycles. The van der Waals surface area contributed by atoms with Crippen LogP contribution in [0.2, 0.25) is 0 Å². The number of carboxylic acid groups (broad SMARTS) is 1. The average Bonchev–Trinajstić information content (AvgIpc) is 2.12. The van der Waals surface area contributed by atoms with Crippen LogP contribution in [0.1, 0.15) is 39.0 Å². The highest BCUT2D eigenvalue weighted by atomic mass is 16.4. The van der Waals surface area contributed by atoms with Crippen LogP contribution in [0.3, 0.4) is 0 Å². The molecule has 3 heteroatoms. The lowest BCUT2D eigenvalue weighted by Gasteiger charge is -2.26. The fraction of sp³-hybridized carbons (Fsp3) is 0.909. The molecular weight excluding hydrogens is 178 g/mol. The predicted molar refractivity (Wildman–Crippen MR) is 56.2 cm³/mol. The van der Waals surface area contributed by atoms with Crippen LogP contribution in [0.15, 0.2) is 0 Å². The van der Waals surface area contributed by atoms with E-state index >= 15 is 0 Å². The second-order valence-electron chi connectivity index (χ2n) is 4.49. The molecule has 1 aliphatic carbocycles. The lowest BCUT2D eigenvalue weighted by molar-refractivity contribution is -0.136. The van der Waals surface area contributed by atoms with E-state index in [9.17, 15) is 4.79 Å². The van der Waals surface area contributed by atoms with Gasteiger partial charge in [-0.25, -0.2) is 0 Å². The Kier molecular flexibility index (Phi) is 4.94. The number of nitrogens with one attached hydrogen (secondary N) is 1. The highest BCUT2D eigenvalue weighted by molar-refractivity contribution is 5.66. The topological polar surface area (TPSA) is 49.3 Å². The van der Waals surface area contributed by atoms with Gasteiger partial charge in [0.1, 0.15) is 0 Å². The first-order valence-corrected chi connectivity index (χ1v) is 5.61. The molecule has 0 aromatic heterocycles. The maximum atomic E-state index is 10.3. The SMILES string of the molecule is CC1CCCC(CNCCC(=O)O)C1. The van der Waals surface area contributed by atoms with Gasteiger partial charge in [0.15, 0.2) is 0 Å². The van der Waals surface area contributed by atoms with E-state index in [4.69, 9.17) is 5.11 Å². The van der Waals surface area contributed by atoms with Crippen molar-refractivity contribution in [1.82, 2.24) is 5.32 Å². The van der Waals surface area contributed by atoms with Gasteiger partial charge < -0.3 is 10.4 Å². The van der Waals surface area contributed by atoms with Crippen molar-refractivity contribution in [3.63, 3.8) is 0 Å². The van der Waals surface area contributed by atoms with Gasteiger partial charge in [0.2, 0.25) is 0 Å². The van der Waals surface area contributed by atoms with Gasteiger partial charge in [0, 0.05) is 6.54 Å². The molecule has 1 rings (SSSR count). The Bertz CT molecular complexity index is 182. The normalized spacial score (nSPS) is 27.5. The summed E-state index contributed by atoms with van der Waals surface area (Å²) < 4.78 is 0. The van der Waals surface area contributed by atoms with Crippen LogP contribution >= 0.6 is 0 Å². The zero-order chi connectivity index (χ0) is 10.4. The van der Waals surface area contributed by atoms with Gasteiger partial charge in [-0.15, -0.1) is 0 Å². The van der Waals surface area contributed by atoms with Gasteiger partial charge in [-0.3, -0.25) is 4.79 Å². The van der Waals surface area contributed by atoms with Crippen molar-refractivity contribution in [2.75, 3.05) is 13.1 Å². The maximum Gasteiger partial charge on any atom is 0.304 e. The second-order valence-corrected chi connectivity index (χ2v) is 4.49. The van der Waals surface area contributed by atoms with Crippen molar-refractivity contribution >= 4 is 5.97 Å². The van der Waals surface area contributed by atoms with Crippen LogP contribution in [0, 0.1) is 11.8 Å². The molecule has 1 aliphatic rings. The van der Waals surface area contributed by atoms with Gasteiger partial charge in [-0.2, -0.15) is 0 Å². The van der Waals surface area contributed by atoms with Crippen molar-refractivity contribution < 1.29 is 9.90 Å². The molecule has 0 heterocycles. The Morgan fingerprint density at radius 2 is 2.29 bits per heavy atom. The van der Waals surface area contributed by atoms with Gasteiger partial charge in [0.05, 0.1) is 6.42 Å². The largest absolute Gasteiger partial charge is 0.481 e. The van der Waals surface area contributed by atoms with Crippen molar-refractivity contribution in [1.29, 1.82) is 0 Å². The number of rotatable bonds is 5. The number of aliphatic carboxylic acids is 1. The number of hydrogen-bond acceptors (Lipinski definition) is 2. The first-order valence-electron chi connectivity index (χ1n) is 5.61. The van der Waals surface area contributed by atoms with Crippen molar-refractivity contribution in [3.05, 3.63) is 0 Å². The minimum absolute atomic E-state index is 0.238. The van der Waals surface area contributed by atoms with Gasteiger partial charge in [0.25, 0.3) is 0 Å². The molecule has 2 N–H and O–H groups in total. The van der Waals surface area contributed by atoms with Crippen molar-refractivity contribution in [2.45, 2.75) is 39.0 Å². The molecule has 14 heavy (non-hydrogen) atoms. The van der Waals surface area contributed by atoms with E-state index in [0.717, 1.165) is 18.4 Å². The Morgan fingerprint density at radius 3 is 2.93 bits per heavy atom.